The molecule has 2 rings (SSSR count). The van der Waals surface area contributed by atoms with Gasteiger partial charge in [0.1, 0.15) is 11.6 Å². The fourth-order valence-electron chi connectivity index (χ4n) is 2.76. The molecule has 0 saturated carbocycles. The summed E-state index contributed by atoms with van der Waals surface area (Å²) < 4.78 is 0. The lowest BCUT2D eigenvalue weighted by Crippen LogP contribution is -2.14. The van der Waals surface area contributed by atoms with Gasteiger partial charge in [-0.1, -0.05) is 43.7 Å². The fraction of sp³-hybridized carbons (Fsp3) is 0.238. The first kappa shape index (κ1) is 19.9. The molecule has 0 aliphatic heterocycles. The average Bonchev–Trinajstić information content (AvgIpc) is 2.61. The minimum atomic E-state index is -0.556. The van der Waals surface area contributed by atoms with E-state index in [4.69, 9.17) is 0 Å². The van der Waals surface area contributed by atoms with E-state index < -0.39 is 10.8 Å². The summed E-state index contributed by atoms with van der Waals surface area (Å²) in [5, 5.41) is 23.4. The maximum absolute atomic E-state index is 12.4. The van der Waals surface area contributed by atoms with Gasteiger partial charge in [0, 0.05) is 17.3 Å². The number of nitriles is 1. The predicted octanol–water partition coefficient (Wildman–Crippen LogP) is 4.88. The van der Waals surface area contributed by atoms with Gasteiger partial charge in [-0.2, -0.15) is 5.26 Å². The molecule has 6 heteroatoms. The molecule has 0 bridgehead atoms. The van der Waals surface area contributed by atoms with Crippen molar-refractivity contribution in [2.24, 2.45) is 0 Å². The lowest BCUT2D eigenvalue weighted by atomic mass is 9.98. The van der Waals surface area contributed by atoms with E-state index in [9.17, 15) is 20.2 Å². The van der Waals surface area contributed by atoms with E-state index in [2.05, 4.69) is 5.32 Å². The van der Waals surface area contributed by atoms with Crippen LogP contribution in [-0.2, 0) is 4.79 Å². The molecule has 1 N–H and O–H groups in total. The molecule has 0 radical (unpaired) electrons. The first-order valence-electron chi connectivity index (χ1n) is 8.51. The molecule has 0 atom stereocenters. The highest BCUT2D eigenvalue weighted by atomic mass is 16.6. The standard InChI is InChI=1S/C21H21N3O3/c1-13(2)18-7-6-16(11-20(18)24(26)27)10-17(12-22)21(25)23-19-8-5-14(3)9-15(19)4/h5-11,13H,1-4H3,(H,23,25)/b17-10+. The molecule has 1 amide bonds. The van der Waals surface area contributed by atoms with Gasteiger partial charge in [0.2, 0.25) is 0 Å². The Hall–Kier alpha value is -3.46. The number of aryl methyl sites for hydroxylation is 2. The van der Waals surface area contributed by atoms with Crippen molar-refractivity contribution < 1.29 is 9.72 Å². The fourth-order valence-corrected chi connectivity index (χ4v) is 2.76. The highest BCUT2D eigenvalue weighted by Gasteiger charge is 2.17. The third kappa shape index (κ3) is 4.79. The van der Waals surface area contributed by atoms with Crippen LogP contribution in [0.5, 0.6) is 0 Å². The van der Waals surface area contributed by atoms with Crippen LogP contribution in [0.3, 0.4) is 0 Å². The van der Waals surface area contributed by atoms with Crippen LogP contribution in [0.1, 0.15) is 42.0 Å². The number of anilines is 1. The monoisotopic (exact) mass is 363 g/mol. The Morgan fingerprint density at radius 1 is 1.22 bits per heavy atom. The Bertz CT molecular complexity index is 969. The van der Waals surface area contributed by atoms with Crippen LogP contribution >= 0.6 is 0 Å². The third-order valence-electron chi connectivity index (χ3n) is 4.18. The largest absolute Gasteiger partial charge is 0.321 e. The van der Waals surface area contributed by atoms with Crippen LogP contribution in [0.25, 0.3) is 6.08 Å². The van der Waals surface area contributed by atoms with Crippen molar-refractivity contribution in [3.8, 4) is 6.07 Å². The number of benzene rings is 2. The summed E-state index contributed by atoms with van der Waals surface area (Å²) in [6, 6.07) is 12.2. The van der Waals surface area contributed by atoms with Crippen LogP contribution in [0, 0.1) is 35.3 Å². The van der Waals surface area contributed by atoms with Gasteiger partial charge in [0.05, 0.1) is 4.92 Å². The number of hydrogen-bond donors (Lipinski definition) is 1. The molecule has 0 spiro atoms. The summed E-state index contributed by atoms with van der Waals surface area (Å²) in [5.41, 5.74) is 3.46. The number of nitro groups is 1. The zero-order valence-corrected chi connectivity index (χ0v) is 15.7. The van der Waals surface area contributed by atoms with Crippen LogP contribution in [0.15, 0.2) is 42.0 Å². The average molecular weight is 363 g/mol. The Morgan fingerprint density at radius 2 is 1.93 bits per heavy atom. The molecule has 2 aromatic carbocycles. The van der Waals surface area contributed by atoms with Gasteiger partial charge in [-0.05, 0) is 43.0 Å². The zero-order chi connectivity index (χ0) is 20.1. The van der Waals surface area contributed by atoms with Crippen molar-refractivity contribution in [1.82, 2.24) is 0 Å². The van der Waals surface area contributed by atoms with E-state index >= 15 is 0 Å². The molecule has 2 aromatic rings. The molecule has 0 fully saturated rings. The Labute approximate surface area is 158 Å². The molecular weight excluding hydrogens is 342 g/mol. The maximum atomic E-state index is 12.4. The number of nitrogens with one attached hydrogen (secondary N) is 1. The van der Waals surface area contributed by atoms with E-state index in [1.54, 1.807) is 18.2 Å². The van der Waals surface area contributed by atoms with Crippen molar-refractivity contribution in [2.75, 3.05) is 5.32 Å². The van der Waals surface area contributed by atoms with Crippen LogP contribution < -0.4 is 5.32 Å². The minimum Gasteiger partial charge on any atom is -0.321 e. The smallest absolute Gasteiger partial charge is 0.273 e. The first-order valence-corrected chi connectivity index (χ1v) is 8.51. The number of carbonyl (C=O) groups is 1. The zero-order valence-electron chi connectivity index (χ0n) is 15.7. The number of amides is 1. The molecule has 0 aliphatic carbocycles. The van der Waals surface area contributed by atoms with Gasteiger partial charge >= 0.3 is 0 Å². The summed E-state index contributed by atoms with van der Waals surface area (Å²) in [5.74, 6) is -0.563. The second-order valence-electron chi connectivity index (χ2n) is 6.67. The first-order chi connectivity index (χ1) is 12.7. The van der Waals surface area contributed by atoms with E-state index in [-0.39, 0.29) is 17.2 Å². The molecule has 0 unspecified atom stereocenters. The van der Waals surface area contributed by atoms with E-state index in [0.29, 0.717) is 16.8 Å². The van der Waals surface area contributed by atoms with Crippen molar-refractivity contribution in [3.05, 3.63) is 74.3 Å². The summed E-state index contributed by atoms with van der Waals surface area (Å²) in [6.07, 6.45) is 1.36. The summed E-state index contributed by atoms with van der Waals surface area (Å²) >= 11 is 0. The molecule has 0 saturated heterocycles. The Balaban J connectivity index is 2.35. The molecule has 0 aliphatic rings. The third-order valence-corrected chi connectivity index (χ3v) is 4.18. The Morgan fingerprint density at radius 3 is 2.48 bits per heavy atom. The van der Waals surface area contributed by atoms with Crippen LogP contribution in [-0.4, -0.2) is 10.8 Å². The summed E-state index contributed by atoms with van der Waals surface area (Å²) in [6.45, 7) is 7.56. The van der Waals surface area contributed by atoms with Gasteiger partial charge in [-0.15, -0.1) is 0 Å². The normalized spacial score (nSPS) is 11.2. The number of hydrogen-bond acceptors (Lipinski definition) is 4. The van der Waals surface area contributed by atoms with Crippen LogP contribution in [0.2, 0.25) is 0 Å². The van der Waals surface area contributed by atoms with Crippen molar-refractivity contribution in [1.29, 1.82) is 5.26 Å². The molecule has 0 heterocycles. The second-order valence-corrected chi connectivity index (χ2v) is 6.67. The quantitative estimate of drug-likeness (QED) is 0.354. The summed E-state index contributed by atoms with van der Waals surface area (Å²) in [7, 11) is 0. The minimum absolute atomic E-state index is 0.00771. The number of rotatable bonds is 5. The second kappa shape index (κ2) is 8.28. The topological polar surface area (TPSA) is 96.0 Å². The van der Waals surface area contributed by atoms with E-state index in [1.807, 2.05) is 45.9 Å². The lowest BCUT2D eigenvalue weighted by molar-refractivity contribution is -0.385. The number of nitro benzene ring substituents is 1. The number of carbonyl (C=O) groups excluding carboxylic acids is 1. The van der Waals surface area contributed by atoms with Gasteiger partial charge in [-0.25, -0.2) is 0 Å². The lowest BCUT2D eigenvalue weighted by Gasteiger charge is -2.09. The maximum Gasteiger partial charge on any atom is 0.273 e. The predicted molar refractivity (Wildman–Crippen MR) is 105 cm³/mol. The molecular formula is C21H21N3O3. The van der Waals surface area contributed by atoms with E-state index in [1.165, 1.54) is 12.1 Å². The number of nitrogens with zero attached hydrogens (tertiary/aromatic N) is 2. The highest BCUT2D eigenvalue weighted by molar-refractivity contribution is 6.10. The van der Waals surface area contributed by atoms with Crippen molar-refractivity contribution >= 4 is 23.4 Å². The van der Waals surface area contributed by atoms with Gasteiger partial charge < -0.3 is 5.32 Å². The van der Waals surface area contributed by atoms with Crippen molar-refractivity contribution in [2.45, 2.75) is 33.6 Å². The van der Waals surface area contributed by atoms with E-state index in [0.717, 1.165) is 11.1 Å². The van der Waals surface area contributed by atoms with Gasteiger partial charge in [0.25, 0.3) is 11.6 Å². The Kier molecular flexibility index (Phi) is 6.09. The van der Waals surface area contributed by atoms with Gasteiger partial charge in [0.15, 0.2) is 0 Å². The molecule has 0 aromatic heterocycles. The van der Waals surface area contributed by atoms with Crippen molar-refractivity contribution in [3.63, 3.8) is 0 Å². The molecule has 27 heavy (non-hydrogen) atoms. The molecule has 6 nitrogen and oxygen atoms in total. The highest BCUT2D eigenvalue weighted by Crippen LogP contribution is 2.28. The summed E-state index contributed by atoms with van der Waals surface area (Å²) in [4.78, 5) is 23.3. The van der Waals surface area contributed by atoms with Crippen LogP contribution in [0.4, 0.5) is 11.4 Å². The molecule has 138 valence electrons. The van der Waals surface area contributed by atoms with Gasteiger partial charge in [-0.3, -0.25) is 14.9 Å². The SMILES string of the molecule is Cc1ccc(NC(=O)/C(C#N)=C/c2ccc(C(C)C)c([N+](=O)[O-])c2)c(C)c1.